The molecule has 1 N–H and O–H groups in total. The molecule has 0 amide bonds. The Labute approximate surface area is 173 Å². The van der Waals surface area contributed by atoms with Crippen molar-refractivity contribution in [3.8, 4) is 0 Å². The van der Waals surface area contributed by atoms with E-state index in [2.05, 4.69) is 26.2 Å². The van der Waals surface area contributed by atoms with Gasteiger partial charge in [-0.1, -0.05) is 142 Å². The summed E-state index contributed by atoms with van der Waals surface area (Å²) in [6.07, 6.45) is 31.7. The molecule has 0 fully saturated rings. The Morgan fingerprint density at radius 1 is 0.407 bits per heavy atom. The zero-order chi connectivity index (χ0) is 19.8. The van der Waals surface area contributed by atoms with E-state index in [0.29, 0.717) is 0 Å². The molecule has 0 rings (SSSR count). The molecule has 27 heavy (non-hydrogen) atoms. The molecule has 0 aromatic rings. The van der Waals surface area contributed by atoms with Crippen LogP contribution in [0.15, 0.2) is 0 Å². The Bertz CT molecular complexity index is 227. The van der Waals surface area contributed by atoms with Crippen LogP contribution in [0.3, 0.4) is 0 Å². The zero-order valence-electron chi connectivity index (χ0n) is 19.6. The molecule has 0 aromatic carbocycles. The van der Waals surface area contributed by atoms with Gasteiger partial charge in [-0.05, 0) is 19.9 Å². The third-order valence-corrected chi connectivity index (χ3v) is 6.22. The van der Waals surface area contributed by atoms with Gasteiger partial charge >= 0.3 is 0 Å². The van der Waals surface area contributed by atoms with Crippen molar-refractivity contribution < 1.29 is 0 Å². The second kappa shape index (κ2) is 24.0. The first-order valence-electron chi connectivity index (χ1n) is 13.0. The summed E-state index contributed by atoms with van der Waals surface area (Å²) in [6, 6.07) is 0.771. The van der Waals surface area contributed by atoms with Crippen LogP contribution in [0, 0.1) is 0 Å². The quantitative estimate of drug-likeness (QED) is 0.174. The maximum Gasteiger partial charge on any atom is 0.00640 e. The topological polar surface area (TPSA) is 12.0 Å². The van der Waals surface area contributed by atoms with Crippen LogP contribution in [-0.2, 0) is 0 Å². The molecular formula is C26H55N. The van der Waals surface area contributed by atoms with Gasteiger partial charge in [0.05, 0.1) is 0 Å². The highest BCUT2D eigenvalue weighted by molar-refractivity contribution is 4.65. The maximum absolute atomic E-state index is 3.56. The summed E-state index contributed by atoms with van der Waals surface area (Å²) in [5.41, 5.74) is 0. The lowest BCUT2D eigenvalue weighted by Crippen LogP contribution is -2.24. The van der Waals surface area contributed by atoms with Crippen molar-refractivity contribution >= 4 is 0 Å². The van der Waals surface area contributed by atoms with Crippen LogP contribution in [-0.4, -0.2) is 13.1 Å². The molecule has 0 heterocycles. The molecule has 0 saturated carbocycles. The summed E-state index contributed by atoms with van der Waals surface area (Å²) >= 11 is 0. The van der Waals surface area contributed by atoms with Crippen LogP contribution < -0.4 is 5.32 Å². The number of hydrogen-bond acceptors (Lipinski definition) is 1. The van der Waals surface area contributed by atoms with Crippen molar-refractivity contribution in [1.29, 1.82) is 0 Å². The fourth-order valence-corrected chi connectivity index (χ4v) is 4.19. The van der Waals surface area contributed by atoms with E-state index in [4.69, 9.17) is 0 Å². The smallest absolute Gasteiger partial charge is 0.00640 e. The molecule has 1 nitrogen and oxygen atoms in total. The molecule has 0 aliphatic heterocycles. The number of nitrogens with one attached hydrogen (secondary N) is 1. The Morgan fingerprint density at radius 2 is 0.667 bits per heavy atom. The summed E-state index contributed by atoms with van der Waals surface area (Å²) in [6.45, 7) is 4.60. The second-order valence-corrected chi connectivity index (χ2v) is 8.93. The number of hydrogen-bond donors (Lipinski definition) is 1. The predicted molar refractivity (Wildman–Crippen MR) is 126 cm³/mol. The van der Waals surface area contributed by atoms with E-state index >= 15 is 0 Å². The van der Waals surface area contributed by atoms with Crippen LogP contribution in [0.2, 0.25) is 0 Å². The molecule has 0 radical (unpaired) electrons. The van der Waals surface area contributed by atoms with Crippen LogP contribution in [0.1, 0.15) is 155 Å². The fourth-order valence-electron chi connectivity index (χ4n) is 4.19. The van der Waals surface area contributed by atoms with E-state index in [0.717, 1.165) is 6.04 Å². The van der Waals surface area contributed by atoms with E-state index in [1.165, 1.54) is 141 Å². The van der Waals surface area contributed by atoms with Crippen LogP contribution in [0.4, 0.5) is 0 Å². The van der Waals surface area contributed by atoms with Crippen molar-refractivity contribution in [1.82, 2.24) is 5.32 Å². The molecule has 0 spiro atoms. The highest BCUT2D eigenvalue weighted by Gasteiger charge is 2.05. The molecular weight excluding hydrogens is 326 g/mol. The van der Waals surface area contributed by atoms with Crippen molar-refractivity contribution in [3.05, 3.63) is 0 Å². The van der Waals surface area contributed by atoms with Gasteiger partial charge in [0, 0.05) is 6.04 Å². The van der Waals surface area contributed by atoms with E-state index < -0.39 is 0 Å². The summed E-state index contributed by atoms with van der Waals surface area (Å²) < 4.78 is 0. The molecule has 0 aromatic heterocycles. The predicted octanol–water partition coefficient (Wildman–Crippen LogP) is 9.20. The summed E-state index contributed by atoms with van der Waals surface area (Å²) in [5, 5.41) is 3.56. The third-order valence-electron chi connectivity index (χ3n) is 6.22. The first-order valence-corrected chi connectivity index (χ1v) is 13.0. The summed E-state index contributed by atoms with van der Waals surface area (Å²) in [7, 11) is 2.16. The van der Waals surface area contributed by atoms with Crippen LogP contribution in [0.5, 0.6) is 0 Å². The van der Waals surface area contributed by atoms with Gasteiger partial charge in [0.15, 0.2) is 0 Å². The van der Waals surface area contributed by atoms with Gasteiger partial charge in [-0.25, -0.2) is 0 Å². The number of rotatable bonds is 23. The minimum Gasteiger partial charge on any atom is -0.317 e. The first-order chi connectivity index (χ1) is 13.3. The van der Waals surface area contributed by atoms with Crippen molar-refractivity contribution in [2.45, 2.75) is 161 Å². The van der Waals surface area contributed by atoms with E-state index in [-0.39, 0.29) is 0 Å². The first kappa shape index (κ1) is 27.0. The molecule has 0 bridgehead atoms. The number of unbranched alkanes of at least 4 members (excludes halogenated alkanes) is 18. The van der Waals surface area contributed by atoms with Crippen molar-refractivity contribution in [3.63, 3.8) is 0 Å². The summed E-state index contributed by atoms with van der Waals surface area (Å²) in [5.74, 6) is 0. The average molecular weight is 382 g/mol. The van der Waals surface area contributed by atoms with Gasteiger partial charge in [-0.3, -0.25) is 0 Å². The molecule has 0 atom stereocenters. The van der Waals surface area contributed by atoms with Gasteiger partial charge in [0.25, 0.3) is 0 Å². The maximum atomic E-state index is 3.56. The van der Waals surface area contributed by atoms with Gasteiger partial charge in [0.1, 0.15) is 0 Å². The van der Waals surface area contributed by atoms with E-state index in [1.807, 2.05) is 0 Å². The Hall–Kier alpha value is -0.0400. The van der Waals surface area contributed by atoms with Gasteiger partial charge in [-0.15, -0.1) is 0 Å². The standard InChI is InChI=1S/C26H55N/c1-4-6-8-10-12-14-16-18-20-22-24-26(27-3)25-23-21-19-17-15-13-11-9-7-5-2/h26-27H,4-25H2,1-3H3. The zero-order valence-corrected chi connectivity index (χ0v) is 19.6. The normalized spacial score (nSPS) is 11.6. The van der Waals surface area contributed by atoms with Gasteiger partial charge < -0.3 is 5.32 Å². The Kier molecular flexibility index (Phi) is 24.0. The van der Waals surface area contributed by atoms with Crippen LogP contribution in [0.25, 0.3) is 0 Å². The lowest BCUT2D eigenvalue weighted by molar-refractivity contribution is 0.434. The Balaban J connectivity index is 3.28. The molecule has 1 heteroatoms. The van der Waals surface area contributed by atoms with Gasteiger partial charge in [0.2, 0.25) is 0 Å². The average Bonchev–Trinajstić information content (AvgIpc) is 2.69. The minimum absolute atomic E-state index is 0.771. The lowest BCUT2D eigenvalue weighted by atomic mass is 9.99. The van der Waals surface area contributed by atoms with Crippen molar-refractivity contribution in [2.75, 3.05) is 7.05 Å². The molecule has 0 unspecified atom stereocenters. The van der Waals surface area contributed by atoms with Crippen molar-refractivity contribution in [2.24, 2.45) is 0 Å². The Morgan fingerprint density at radius 3 is 0.926 bits per heavy atom. The highest BCUT2D eigenvalue weighted by Crippen LogP contribution is 2.15. The minimum atomic E-state index is 0.771. The molecule has 0 saturated heterocycles. The summed E-state index contributed by atoms with van der Waals surface area (Å²) in [4.78, 5) is 0. The van der Waals surface area contributed by atoms with E-state index in [1.54, 1.807) is 0 Å². The fraction of sp³-hybridized carbons (Fsp3) is 1.00. The van der Waals surface area contributed by atoms with Crippen LogP contribution >= 0.6 is 0 Å². The highest BCUT2D eigenvalue weighted by atomic mass is 14.9. The molecule has 164 valence electrons. The molecule has 0 aliphatic rings. The van der Waals surface area contributed by atoms with Gasteiger partial charge in [-0.2, -0.15) is 0 Å². The second-order valence-electron chi connectivity index (χ2n) is 8.93. The monoisotopic (exact) mass is 381 g/mol. The SMILES string of the molecule is CCCCCCCCCCCCC(CCCCCCCCCCCC)NC. The third kappa shape index (κ3) is 22.1. The molecule has 0 aliphatic carbocycles. The van der Waals surface area contributed by atoms with E-state index in [9.17, 15) is 0 Å². The largest absolute Gasteiger partial charge is 0.317 e. The lowest BCUT2D eigenvalue weighted by Gasteiger charge is -2.16.